The summed E-state index contributed by atoms with van der Waals surface area (Å²) in [6.07, 6.45) is 23.8. The molecule has 1 aliphatic rings. The fourth-order valence-corrected chi connectivity index (χ4v) is 4.16. The maximum Gasteiger partial charge on any atom is 0.221 e. The molecule has 1 rings (SSSR count). The van der Waals surface area contributed by atoms with Crippen molar-refractivity contribution in [2.45, 2.75) is 111 Å². The van der Waals surface area contributed by atoms with E-state index in [0.29, 0.717) is 6.17 Å². The van der Waals surface area contributed by atoms with E-state index in [0.717, 1.165) is 23.9 Å². The Morgan fingerprint density at radius 1 is 1.07 bits per heavy atom. The molecule has 3 unspecified atom stereocenters. The lowest BCUT2D eigenvalue weighted by Gasteiger charge is -2.41. The van der Waals surface area contributed by atoms with Crippen LogP contribution in [0.1, 0.15) is 98.3 Å². The zero-order valence-electron chi connectivity index (χ0n) is 18.3. The van der Waals surface area contributed by atoms with Crippen LogP contribution in [0.2, 0.25) is 0 Å². The van der Waals surface area contributed by atoms with Gasteiger partial charge in [-0.2, -0.15) is 0 Å². The van der Waals surface area contributed by atoms with Crippen LogP contribution in [0.5, 0.6) is 0 Å². The van der Waals surface area contributed by atoms with E-state index in [9.17, 15) is 4.79 Å². The zero-order valence-corrected chi connectivity index (χ0v) is 18.3. The maximum absolute atomic E-state index is 11.5. The van der Waals surface area contributed by atoms with Crippen molar-refractivity contribution in [3.05, 3.63) is 24.6 Å². The number of allylic oxidation sites excluding steroid dienone is 2. The Kier molecular flexibility index (Phi) is 12.2. The van der Waals surface area contributed by atoms with E-state index in [1.807, 2.05) is 0 Å². The quantitative estimate of drug-likeness (QED) is 0.222. The number of amides is 1. The summed E-state index contributed by atoms with van der Waals surface area (Å²) in [5.74, 6) is 0.0396. The van der Waals surface area contributed by atoms with Crippen molar-refractivity contribution in [3.8, 4) is 0 Å². The second kappa shape index (κ2) is 13.8. The van der Waals surface area contributed by atoms with Crippen LogP contribution in [-0.2, 0) is 4.79 Å². The summed E-state index contributed by atoms with van der Waals surface area (Å²) in [4.78, 5) is 11.5. The smallest absolute Gasteiger partial charge is 0.221 e. The van der Waals surface area contributed by atoms with Crippen molar-refractivity contribution >= 4 is 5.91 Å². The zero-order chi connectivity index (χ0) is 20.0. The van der Waals surface area contributed by atoms with Crippen LogP contribution in [0.15, 0.2) is 24.6 Å². The number of unbranched alkanes of at least 4 members (excludes halogenated alkanes) is 8. The van der Waals surface area contributed by atoms with E-state index in [-0.39, 0.29) is 12.1 Å². The van der Waals surface area contributed by atoms with E-state index in [1.54, 1.807) is 6.92 Å². The number of carbonyl (C=O) groups excluding carboxylic acids is 1. The summed E-state index contributed by atoms with van der Waals surface area (Å²) in [5.41, 5.74) is 0. The molecule has 156 valence electrons. The van der Waals surface area contributed by atoms with Gasteiger partial charge in [-0.05, 0) is 26.2 Å². The summed E-state index contributed by atoms with van der Waals surface area (Å²) in [5, 5.41) is 6.58. The average Bonchev–Trinajstić information content (AvgIpc) is 3.06. The third kappa shape index (κ3) is 8.50. The highest BCUT2D eigenvalue weighted by Gasteiger charge is 2.41. The molecule has 0 saturated heterocycles. The molecule has 1 amide bonds. The summed E-state index contributed by atoms with van der Waals surface area (Å²) in [7, 11) is 0. The highest BCUT2D eigenvalue weighted by molar-refractivity contribution is 5.72. The molecular weight excluding hydrogens is 334 g/mol. The Morgan fingerprint density at radius 3 is 2.33 bits per heavy atom. The molecule has 0 aromatic heterocycles. The van der Waals surface area contributed by atoms with Gasteiger partial charge in [-0.15, -0.1) is 0 Å². The van der Waals surface area contributed by atoms with E-state index >= 15 is 0 Å². The minimum Gasteiger partial charge on any atom is -0.338 e. The highest BCUT2D eigenvalue weighted by atomic mass is 16.1. The number of rotatable bonds is 15. The number of hydrogen-bond acceptors (Lipinski definition) is 2. The molecule has 0 radical (unpaired) electrons. The molecule has 0 fully saturated rings. The largest absolute Gasteiger partial charge is 0.338 e. The second-order valence-electron chi connectivity index (χ2n) is 8.00. The Bertz CT molecular complexity index is 461. The number of quaternary nitrogens is 1. The van der Waals surface area contributed by atoms with E-state index < -0.39 is 0 Å². The Hall–Kier alpha value is -1.29. The van der Waals surface area contributed by atoms with Gasteiger partial charge in [0.05, 0.1) is 12.7 Å². The van der Waals surface area contributed by atoms with Gasteiger partial charge in [0.15, 0.2) is 12.3 Å². The van der Waals surface area contributed by atoms with Gasteiger partial charge in [0.2, 0.25) is 5.91 Å². The first kappa shape index (κ1) is 23.7. The van der Waals surface area contributed by atoms with Crippen molar-refractivity contribution in [3.63, 3.8) is 0 Å². The Labute approximate surface area is 168 Å². The lowest BCUT2D eigenvalue weighted by Crippen LogP contribution is -2.62. The van der Waals surface area contributed by atoms with Gasteiger partial charge in [0.25, 0.3) is 0 Å². The summed E-state index contributed by atoms with van der Waals surface area (Å²) >= 11 is 0. The number of nitrogens with zero attached hydrogens (tertiary/aromatic N) is 1. The average molecular weight is 379 g/mol. The predicted octanol–water partition coefficient (Wildman–Crippen LogP) is 5.57. The molecule has 27 heavy (non-hydrogen) atoms. The molecule has 4 heteroatoms. The fourth-order valence-electron chi connectivity index (χ4n) is 4.16. The first-order valence-corrected chi connectivity index (χ1v) is 11.3. The third-order valence-electron chi connectivity index (χ3n) is 5.90. The molecule has 0 saturated carbocycles. The summed E-state index contributed by atoms with van der Waals surface area (Å²) < 4.78 is 0.783. The van der Waals surface area contributed by atoms with Crippen LogP contribution in [0.25, 0.3) is 0 Å². The first-order chi connectivity index (χ1) is 13.1. The van der Waals surface area contributed by atoms with Gasteiger partial charge >= 0.3 is 0 Å². The van der Waals surface area contributed by atoms with Crippen molar-refractivity contribution in [1.82, 2.24) is 10.6 Å². The molecule has 0 bridgehead atoms. The Morgan fingerprint density at radius 2 is 1.70 bits per heavy atom. The van der Waals surface area contributed by atoms with Crippen molar-refractivity contribution < 1.29 is 9.28 Å². The van der Waals surface area contributed by atoms with Crippen LogP contribution in [0.3, 0.4) is 0 Å². The van der Waals surface area contributed by atoms with E-state index in [2.05, 4.69) is 56.0 Å². The van der Waals surface area contributed by atoms with Gasteiger partial charge in [0, 0.05) is 20.3 Å². The van der Waals surface area contributed by atoms with Gasteiger partial charge in [-0.3, -0.25) is 9.28 Å². The standard InChI is InChI=1S/C23H43N3O/c1-5-7-8-9-10-11-12-13-14-15-16-17-18-23-24-19-20-26(23,6-2)21(3)25-22(4)27/h15-16,19-21,23-24H,5-14,17-18H2,1-4H3/p+1/b16-15+. The highest BCUT2D eigenvalue weighted by Crippen LogP contribution is 2.25. The van der Waals surface area contributed by atoms with Crippen molar-refractivity contribution in [2.75, 3.05) is 6.54 Å². The topological polar surface area (TPSA) is 41.1 Å². The lowest BCUT2D eigenvalue weighted by atomic mass is 10.1. The number of carbonyl (C=O) groups is 1. The number of hydrogen-bond donors (Lipinski definition) is 2. The molecule has 4 nitrogen and oxygen atoms in total. The van der Waals surface area contributed by atoms with E-state index in [1.165, 1.54) is 57.8 Å². The molecule has 0 aromatic carbocycles. The SMILES string of the molecule is CCCCCCCCCC/C=C/CCC1NC=C[N+]1(CC)C(C)NC(C)=O. The third-order valence-corrected chi connectivity index (χ3v) is 5.90. The van der Waals surface area contributed by atoms with E-state index in [4.69, 9.17) is 0 Å². The van der Waals surface area contributed by atoms with Crippen LogP contribution in [-0.4, -0.2) is 29.3 Å². The van der Waals surface area contributed by atoms with Gasteiger partial charge in [-0.25, -0.2) is 0 Å². The molecule has 3 atom stereocenters. The van der Waals surface area contributed by atoms with Crippen molar-refractivity contribution in [1.29, 1.82) is 0 Å². The number of nitrogens with one attached hydrogen (secondary N) is 2. The minimum absolute atomic E-state index is 0.0396. The molecule has 2 N–H and O–H groups in total. The van der Waals surface area contributed by atoms with Gasteiger partial charge in [0.1, 0.15) is 6.20 Å². The Balaban J connectivity index is 2.21. The molecule has 1 aliphatic heterocycles. The van der Waals surface area contributed by atoms with Crippen molar-refractivity contribution in [2.24, 2.45) is 0 Å². The summed E-state index contributed by atoms with van der Waals surface area (Å²) in [6.45, 7) is 9.14. The van der Waals surface area contributed by atoms with Gasteiger partial charge in [-0.1, -0.05) is 64.0 Å². The molecule has 0 spiro atoms. The van der Waals surface area contributed by atoms with Crippen LogP contribution >= 0.6 is 0 Å². The normalized spacial score (nSPS) is 22.9. The van der Waals surface area contributed by atoms with Crippen LogP contribution < -0.4 is 10.6 Å². The van der Waals surface area contributed by atoms with Crippen LogP contribution in [0, 0.1) is 0 Å². The van der Waals surface area contributed by atoms with Gasteiger partial charge < -0.3 is 10.6 Å². The molecule has 1 heterocycles. The second-order valence-corrected chi connectivity index (χ2v) is 8.00. The fraction of sp³-hybridized carbons (Fsp3) is 0.783. The monoisotopic (exact) mass is 378 g/mol. The first-order valence-electron chi connectivity index (χ1n) is 11.3. The van der Waals surface area contributed by atoms with Crippen LogP contribution in [0.4, 0.5) is 0 Å². The lowest BCUT2D eigenvalue weighted by molar-refractivity contribution is -0.923. The molecule has 0 aliphatic carbocycles. The predicted molar refractivity (Wildman–Crippen MR) is 116 cm³/mol. The summed E-state index contributed by atoms with van der Waals surface area (Å²) in [6, 6.07) is 0. The maximum atomic E-state index is 11.5. The molecule has 0 aromatic rings. The molecular formula is C23H44N3O+. The minimum atomic E-state index is 0.0396.